The highest BCUT2D eigenvalue weighted by molar-refractivity contribution is 4.76. The third-order valence-corrected chi connectivity index (χ3v) is 3.27. The molecule has 0 aromatic heterocycles. The molecule has 74 valence electrons. The third-order valence-electron chi connectivity index (χ3n) is 3.27. The van der Waals surface area contributed by atoms with Crippen LogP contribution in [0.1, 0.15) is 66.7 Å². The van der Waals surface area contributed by atoms with Gasteiger partial charge in [-0.1, -0.05) is 60.3 Å². The molecule has 0 bridgehead atoms. The molecule has 0 unspecified atom stereocenters. The van der Waals surface area contributed by atoms with Crippen molar-refractivity contribution in [1.82, 2.24) is 0 Å². The van der Waals surface area contributed by atoms with Crippen molar-refractivity contribution in [3.8, 4) is 0 Å². The first kappa shape index (κ1) is 12.0. The minimum absolute atomic E-state index is 0.569. The number of rotatable bonds is 6. The predicted octanol–water partition coefficient (Wildman–Crippen LogP) is 4.64. The van der Waals surface area contributed by atoms with Crippen molar-refractivity contribution in [2.75, 3.05) is 0 Å². The van der Waals surface area contributed by atoms with E-state index >= 15 is 0 Å². The number of hydrogen-bond acceptors (Lipinski definition) is 0. The molecule has 0 rings (SSSR count). The minimum Gasteiger partial charge on any atom is -0.0654 e. The highest BCUT2D eigenvalue weighted by Gasteiger charge is 2.25. The van der Waals surface area contributed by atoms with E-state index in [1.165, 1.54) is 32.1 Å². The first-order valence-corrected chi connectivity index (χ1v) is 5.58. The van der Waals surface area contributed by atoms with Gasteiger partial charge in [0.25, 0.3) is 0 Å². The van der Waals surface area contributed by atoms with Crippen LogP contribution in [0, 0.1) is 11.3 Å². The zero-order valence-electron chi connectivity index (χ0n) is 9.61. The van der Waals surface area contributed by atoms with Crippen LogP contribution in [0.25, 0.3) is 0 Å². The van der Waals surface area contributed by atoms with Crippen molar-refractivity contribution in [1.29, 1.82) is 0 Å². The summed E-state index contributed by atoms with van der Waals surface area (Å²) in [5.41, 5.74) is 0.569. The van der Waals surface area contributed by atoms with Crippen LogP contribution in [0.5, 0.6) is 0 Å². The van der Waals surface area contributed by atoms with E-state index in [4.69, 9.17) is 0 Å². The summed E-state index contributed by atoms with van der Waals surface area (Å²) in [6.45, 7) is 11.8. The second-order valence-electron chi connectivity index (χ2n) is 4.61. The molecule has 0 radical (unpaired) electrons. The molecule has 0 aliphatic heterocycles. The maximum Gasteiger partial charge on any atom is -0.0326 e. The summed E-state index contributed by atoms with van der Waals surface area (Å²) in [6.07, 6.45) is 6.81. The van der Waals surface area contributed by atoms with Gasteiger partial charge in [-0.15, -0.1) is 0 Å². The Morgan fingerprint density at radius 3 is 1.83 bits per heavy atom. The predicted molar refractivity (Wildman–Crippen MR) is 57.4 cm³/mol. The third kappa shape index (κ3) is 3.60. The fraction of sp³-hybridized carbons (Fsp3) is 1.00. The Hall–Kier alpha value is 0. The van der Waals surface area contributed by atoms with Gasteiger partial charge in [0.15, 0.2) is 0 Å². The Bertz CT molecular complexity index is 98.6. The average molecular weight is 170 g/mol. The zero-order chi connectivity index (χ0) is 9.61. The van der Waals surface area contributed by atoms with E-state index in [0.29, 0.717) is 5.41 Å². The van der Waals surface area contributed by atoms with Gasteiger partial charge >= 0.3 is 0 Å². The van der Waals surface area contributed by atoms with Gasteiger partial charge in [0.05, 0.1) is 0 Å². The molecule has 0 aromatic rings. The van der Waals surface area contributed by atoms with Crippen molar-refractivity contribution in [3.63, 3.8) is 0 Å². The second-order valence-corrected chi connectivity index (χ2v) is 4.61. The fourth-order valence-electron chi connectivity index (χ4n) is 2.23. The van der Waals surface area contributed by atoms with Gasteiger partial charge in [0.1, 0.15) is 0 Å². The smallest absolute Gasteiger partial charge is 0.0326 e. The molecule has 0 aromatic carbocycles. The zero-order valence-corrected chi connectivity index (χ0v) is 9.61. The summed E-state index contributed by atoms with van der Waals surface area (Å²) in [6, 6.07) is 0. The maximum absolute atomic E-state index is 2.43. The molecular weight excluding hydrogens is 144 g/mol. The summed E-state index contributed by atoms with van der Waals surface area (Å²) < 4.78 is 0. The van der Waals surface area contributed by atoms with Crippen LogP contribution in [-0.4, -0.2) is 0 Å². The molecule has 0 saturated heterocycles. The SMILES string of the molecule is CCCCC(C)(C)C(CC)CC. The van der Waals surface area contributed by atoms with Gasteiger partial charge in [-0.25, -0.2) is 0 Å². The molecule has 0 aliphatic rings. The highest BCUT2D eigenvalue weighted by atomic mass is 14.3. The standard InChI is InChI=1S/C12H26/c1-6-9-10-12(4,5)11(7-2)8-3/h11H,6-10H2,1-5H3. The molecule has 0 saturated carbocycles. The maximum atomic E-state index is 2.43. The van der Waals surface area contributed by atoms with Gasteiger partial charge in [0.2, 0.25) is 0 Å². The molecule has 0 fully saturated rings. The molecule has 0 heteroatoms. The largest absolute Gasteiger partial charge is 0.0654 e. The van der Waals surface area contributed by atoms with Crippen LogP contribution in [0.15, 0.2) is 0 Å². The molecule has 0 aliphatic carbocycles. The highest BCUT2D eigenvalue weighted by Crippen LogP contribution is 2.36. The van der Waals surface area contributed by atoms with Gasteiger partial charge in [-0.05, 0) is 17.8 Å². The van der Waals surface area contributed by atoms with Crippen molar-refractivity contribution >= 4 is 0 Å². The van der Waals surface area contributed by atoms with E-state index in [1.807, 2.05) is 0 Å². The van der Waals surface area contributed by atoms with E-state index in [-0.39, 0.29) is 0 Å². The minimum atomic E-state index is 0.569. The van der Waals surface area contributed by atoms with E-state index in [9.17, 15) is 0 Å². The summed E-state index contributed by atoms with van der Waals surface area (Å²) in [5, 5.41) is 0. The molecule has 0 atom stereocenters. The molecule has 0 amide bonds. The van der Waals surface area contributed by atoms with Gasteiger partial charge in [-0.3, -0.25) is 0 Å². The van der Waals surface area contributed by atoms with E-state index in [1.54, 1.807) is 0 Å². The molecule has 0 nitrogen and oxygen atoms in total. The second kappa shape index (κ2) is 5.61. The topological polar surface area (TPSA) is 0 Å². The lowest BCUT2D eigenvalue weighted by Crippen LogP contribution is -2.22. The number of hydrogen-bond donors (Lipinski definition) is 0. The van der Waals surface area contributed by atoms with Crippen molar-refractivity contribution in [2.24, 2.45) is 11.3 Å². The van der Waals surface area contributed by atoms with Crippen LogP contribution in [0.3, 0.4) is 0 Å². The van der Waals surface area contributed by atoms with Crippen molar-refractivity contribution in [2.45, 2.75) is 66.7 Å². The molecular formula is C12H26. The van der Waals surface area contributed by atoms with Gasteiger partial charge in [-0.2, -0.15) is 0 Å². The Labute approximate surface area is 78.8 Å². The van der Waals surface area contributed by atoms with Crippen LogP contribution in [-0.2, 0) is 0 Å². The Morgan fingerprint density at radius 1 is 1.00 bits per heavy atom. The summed E-state index contributed by atoms with van der Waals surface area (Å²) in [7, 11) is 0. The Morgan fingerprint density at radius 2 is 1.50 bits per heavy atom. The van der Waals surface area contributed by atoms with Gasteiger partial charge < -0.3 is 0 Å². The summed E-state index contributed by atoms with van der Waals surface area (Å²) >= 11 is 0. The first-order valence-electron chi connectivity index (χ1n) is 5.58. The van der Waals surface area contributed by atoms with E-state index in [2.05, 4.69) is 34.6 Å². The van der Waals surface area contributed by atoms with Crippen LogP contribution < -0.4 is 0 Å². The lowest BCUT2D eigenvalue weighted by molar-refractivity contribution is 0.178. The summed E-state index contributed by atoms with van der Waals surface area (Å²) in [4.78, 5) is 0. The lowest BCUT2D eigenvalue weighted by atomic mass is 9.73. The summed E-state index contributed by atoms with van der Waals surface area (Å²) in [5.74, 6) is 0.920. The molecule has 12 heavy (non-hydrogen) atoms. The van der Waals surface area contributed by atoms with E-state index < -0.39 is 0 Å². The Kier molecular flexibility index (Phi) is 5.61. The fourth-order valence-corrected chi connectivity index (χ4v) is 2.23. The first-order chi connectivity index (χ1) is 5.58. The average Bonchev–Trinajstić information content (AvgIpc) is 2.03. The normalized spacial score (nSPS) is 12.5. The van der Waals surface area contributed by atoms with Gasteiger partial charge in [0, 0.05) is 0 Å². The lowest BCUT2D eigenvalue weighted by Gasteiger charge is -2.33. The van der Waals surface area contributed by atoms with Crippen LogP contribution >= 0.6 is 0 Å². The van der Waals surface area contributed by atoms with Crippen molar-refractivity contribution < 1.29 is 0 Å². The molecule has 0 heterocycles. The number of unbranched alkanes of at least 4 members (excludes halogenated alkanes) is 1. The monoisotopic (exact) mass is 170 g/mol. The molecule has 0 N–H and O–H groups in total. The quantitative estimate of drug-likeness (QED) is 0.545. The Balaban J connectivity index is 3.96. The van der Waals surface area contributed by atoms with Crippen LogP contribution in [0.2, 0.25) is 0 Å². The van der Waals surface area contributed by atoms with Crippen molar-refractivity contribution in [3.05, 3.63) is 0 Å². The van der Waals surface area contributed by atoms with Crippen LogP contribution in [0.4, 0.5) is 0 Å². The van der Waals surface area contributed by atoms with E-state index in [0.717, 1.165) is 5.92 Å². The molecule has 0 spiro atoms.